The molecular weight excluding hydrogens is 380 g/mol. The van der Waals surface area contributed by atoms with E-state index in [0.29, 0.717) is 17.9 Å². The minimum Gasteiger partial charge on any atom is -0.466 e. The average Bonchev–Trinajstić information content (AvgIpc) is 2.68. The van der Waals surface area contributed by atoms with E-state index >= 15 is 0 Å². The molecule has 0 saturated heterocycles. The van der Waals surface area contributed by atoms with Crippen molar-refractivity contribution >= 4 is 27.6 Å². The maximum absolute atomic E-state index is 12.7. The monoisotopic (exact) mass is 404 g/mol. The molecule has 0 aliphatic heterocycles. The number of nitrogens with one attached hydrogen (secondary N) is 1. The van der Waals surface area contributed by atoms with Crippen LogP contribution < -0.4 is 9.62 Å². The smallest absolute Gasteiger partial charge is 0.307 e. The second kappa shape index (κ2) is 9.36. The first-order valence-corrected chi connectivity index (χ1v) is 10.3. The maximum Gasteiger partial charge on any atom is 0.307 e. The number of benzene rings is 2. The summed E-state index contributed by atoms with van der Waals surface area (Å²) in [5.74, 6) is -0.721. The fraction of sp³-hybridized carbons (Fsp3) is 0.300. The van der Waals surface area contributed by atoms with Crippen molar-refractivity contribution in [3.8, 4) is 0 Å². The van der Waals surface area contributed by atoms with Gasteiger partial charge in [0.15, 0.2) is 0 Å². The number of amides is 1. The van der Waals surface area contributed by atoms with Crippen LogP contribution in [0.4, 0.5) is 5.69 Å². The van der Waals surface area contributed by atoms with Crippen LogP contribution in [-0.2, 0) is 19.6 Å². The van der Waals surface area contributed by atoms with Crippen LogP contribution in [0.2, 0.25) is 0 Å². The van der Waals surface area contributed by atoms with Crippen molar-refractivity contribution in [2.45, 2.75) is 25.2 Å². The van der Waals surface area contributed by atoms with Gasteiger partial charge in [0.05, 0.1) is 23.6 Å². The molecule has 28 heavy (non-hydrogen) atoms. The molecule has 1 amide bonds. The van der Waals surface area contributed by atoms with Crippen LogP contribution in [0.1, 0.15) is 29.3 Å². The van der Waals surface area contributed by atoms with E-state index in [2.05, 4.69) is 5.32 Å². The van der Waals surface area contributed by atoms with Crippen LogP contribution in [0.3, 0.4) is 0 Å². The Morgan fingerprint density at radius 1 is 1.04 bits per heavy atom. The molecule has 2 rings (SSSR count). The summed E-state index contributed by atoms with van der Waals surface area (Å²) in [6.07, 6.45) is 0.0925. The van der Waals surface area contributed by atoms with Gasteiger partial charge in [0.25, 0.3) is 15.9 Å². The van der Waals surface area contributed by atoms with Crippen molar-refractivity contribution < 1.29 is 22.7 Å². The standard InChI is InChI=1S/C20H24N2O5S/c1-4-27-19(23)13-14-21-20(24)16-7-9-17(10-8-16)22(3)28(25,26)18-11-5-15(2)6-12-18/h5-12H,4,13-14H2,1-3H3,(H,21,24). The first-order valence-electron chi connectivity index (χ1n) is 8.85. The molecule has 7 nitrogen and oxygen atoms in total. The van der Waals surface area contributed by atoms with Crippen molar-refractivity contribution in [1.29, 1.82) is 0 Å². The lowest BCUT2D eigenvalue weighted by Crippen LogP contribution is -2.28. The van der Waals surface area contributed by atoms with Crippen molar-refractivity contribution in [2.75, 3.05) is 24.5 Å². The van der Waals surface area contributed by atoms with Gasteiger partial charge in [0.1, 0.15) is 0 Å². The van der Waals surface area contributed by atoms with Gasteiger partial charge in [-0.15, -0.1) is 0 Å². The molecule has 0 aliphatic rings. The molecule has 0 fully saturated rings. The average molecular weight is 404 g/mol. The van der Waals surface area contributed by atoms with Gasteiger partial charge in [-0.3, -0.25) is 13.9 Å². The van der Waals surface area contributed by atoms with Gasteiger partial charge in [-0.25, -0.2) is 8.42 Å². The topological polar surface area (TPSA) is 92.8 Å². The fourth-order valence-corrected chi connectivity index (χ4v) is 3.64. The number of rotatable bonds is 8. The first-order chi connectivity index (χ1) is 13.3. The number of carbonyl (C=O) groups is 2. The van der Waals surface area contributed by atoms with Crippen molar-refractivity contribution in [3.63, 3.8) is 0 Å². The van der Waals surface area contributed by atoms with Crippen LogP contribution in [0.5, 0.6) is 0 Å². The molecule has 0 heterocycles. The van der Waals surface area contributed by atoms with Crippen LogP contribution >= 0.6 is 0 Å². The van der Waals surface area contributed by atoms with Crippen molar-refractivity contribution in [3.05, 3.63) is 59.7 Å². The predicted molar refractivity (Wildman–Crippen MR) is 107 cm³/mol. The molecule has 0 unspecified atom stereocenters. The highest BCUT2D eigenvalue weighted by molar-refractivity contribution is 7.92. The molecular formula is C20H24N2O5S. The zero-order valence-electron chi connectivity index (χ0n) is 16.1. The zero-order chi connectivity index (χ0) is 20.7. The number of aryl methyl sites for hydroxylation is 1. The van der Waals surface area contributed by atoms with Crippen molar-refractivity contribution in [2.24, 2.45) is 0 Å². The van der Waals surface area contributed by atoms with Crippen molar-refractivity contribution in [1.82, 2.24) is 5.32 Å². The summed E-state index contributed by atoms with van der Waals surface area (Å²) >= 11 is 0. The molecule has 150 valence electrons. The van der Waals surface area contributed by atoms with E-state index in [9.17, 15) is 18.0 Å². The number of anilines is 1. The predicted octanol–water partition coefficient (Wildman–Crippen LogP) is 2.50. The molecule has 0 radical (unpaired) electrons. The Morgan fingerprint density at radius 2 is 1.64 bits per heavy atom. The third kappa shape index (κ3) is 5.32. The van der Waals surface area contributed by atoms with Crippen LogP contribution in [0.15, 0.2) is 53.4 Å². The summed E-state index contributed by atoms with van der Waals surface area (Å²) in [5, 5.41) is 2.63. The van der Waals surface area contributed by atoms with E-state index in [4.69, 9.17) is 4.74 Å². The molecule has 0 aromatic heterocycles. The lowest BCUT2D eigenvalue weighted by atomic mass is 10.2. The van der Waals surface area contributed by atoms with Crippen LogP contribution in [0, 0.1) is 6.92 Å². The van der Waals surface area contributed by atoms with Crippen LogP contribution in [-0.4, -0.2) is 40.5 Å². The van der Waals surface area contributed by atoms with Gasteiger partial charge in [-0.05, 0) is 50.2 Å². The lowest BCUT2D eigenvalue weighted by Gasteiger charge is -2.20. The molecule has 0 saturated carbocycles. The largest absolute Gasteiger partial charge is 0.466 e. The summed E-state index contributed by atoms with van der Waals surface area (Å²) < 4.78 is 31.4. The summed E-state index contributed by atoms with van der Waals surface area (Å²) in [6.45, 7) is 4.07. The third-order valence-corrected chi connectivity index (χ3v) is 5.89. The number of carbonyl (C=O) groups excluding carboxylic acids is 2. The van der Waals surface area contributed by atoms with E-state index in [-0.39, 0.29) is 29.7 Å². The fourth-order valence-electron chi connectivity index (χ4n) is 2.44. The maximum atomic E-state index is 12.7. The number of ether oxygens (including phenoxy) is 1. The highest BCUT2D eigenvalue weighted by Crippen LogP contribution is 2.22. The Labute approximate surface area is 165 Å². The number of esters is 1. The zero-order valence-corrected chi connectivity index (χ0v) is 17.0. The van der Waals surface area contributed by atoms with E-state index in [1.807, 2.05) is 6.92 Å². The summed E-state index contributed by atoms with van der Waals surface area (Å²) in [6, 6.07) is 12.8. The van der Waals surface area contributed by atoms with Gasteiger partial charge in [0.2, 0.25) is 0 Å². The van der Waals surface area contributed by atoms with E-state index in [0.717, 1.165) is 5.56 Å². The van der Waals surface area contributed by atoms with Gasteiger partial charge >= 0.3 is 5.97 Å². The summed E-state index contributed by atoms with van der Waals surface area (Å²) in [5.41, 5.74) is 1.78. The Morgan fingerprint density at radius 3 is 2.21 bits per heavy atom. The molecule has 0 bridgehead atoms. The van der Waals surface area contributed by atoms with E-state index < -0.39 is 10.0 Å². The number of hydrogen-bond donors (Lipinski definition) is 1. The van der Waals surface area contributed by atoms with Gasteiger partial charge < -0.3 is 10.1 Å². The Bertz CT molecular complexity index is 922. The molecule has 0 spiro atoms. The number of nitrogens with zero attached hydrogens (tertiary/aromatic N) is 1. The Balaban J connectivity index is 2.03. The minimum atomic E-state index is -3.69. The number of sulfonamides is 1. The summed E-state index contributed by atoms with van der Waals surface area (Å²) in [4.78, 5) is 23.6. The Kier molecular flexibility index (Phi) is 7.17. The quantitative estimate of drug-likeness (QED) is 0.683. The SMILES string of the molecule is CCOC(=O)CCNC(=O)c1ccc(N(C)S(=O)(=O)c2ccc(C)cc2)cc1. The molecule has 2 aromatic carbocycles. The Hall–Kier alpha value is -2.87. The van der Waals surface area contributed by atoms with Gasteiger partial charge in [-0.2, -0.15) is 0 Å². The van der Waals surface area contributed by atoms with E-state index in [1.165, 1.54) is 23.5 Å². The van der Waals surface area contributed by atoms with E-state index in [1.54, 1.807) is 43.3 Å². The second-order valence-corrected chi connectivity index (χ2v) is 8.11. The summed E-state index contributed by atoms with van der Waals surface area (Å²) in [7, 11) is -2.23. The first kappa shape index (κ1) is 21.4. The molecule has 0 aliphatic carbocycles. The highest BCUT2D eigenvalue weighted by atomic mass is 32.2. The normalized spacial score (nSPS) is 11.0. The molecule has 2 aromatic rings. The highest BCUT2D eigenvalue weighted by Gasteiger charge is 2.21. The second-order valence-electron chi connectivity index (χ2n) is 6.14. The minimum absolute atomic E-state index is 0.0925. The van der Waals surface area contributed by atoms with Crippen LogP contribution in [0.25, 0.3) is 0 Å². The lowest BCUT2D eigenvalue weighted by molar-refractivity contribution is -0.142. The van der Waals surface area contributed by atoms with Gasteiger partial charge in [0, 0.05) is 19.2 Å². The van der Waals surface area contributed by atoms with Gasteiger partial charge in [-0.1, -0.05) is 17.7 Å². The molecule has 1 N–H and O–H groups in total. The molecule has 8 heteroatoms. The molecule has 0 atom stereocenters. The number of hydrogen-bond acceptors (Lipinski definition) is 5. The third-order valence-electron chi connectivity index (χ3n) is 4.09.